The molecule has 0 saturated carbocycles. The number of ether oxygens (including phenoxy) is 2. The van der Waals surface area contributed by atoms with Crippen molar-refractivity contribution >= 4 is 11.4 Å². The lowest BCUT2D eigenvalue weighted by Crippen LogP contribution is -2.48. The Morgan fingerprint density at radius 2 is 2.26 bits per heavy atom. The maximum absolute atomic E-state index is 13.5. The third kappa shape index (κ3) is 2.90. The van der Waals surface area contributed by atoms with Gasteiger partial charge < -0.3 is 25.2 Å². The number of methoxy groups -OCH3 is 1. The summed E-state index contributed by atoms with van der Waals surface area (Å²) >= 11 is 0. The second kappa shape index (κ2) is 5.63. The number of aliphatic hydroxyl groups is 1. The molecule has 0 aliphatic carbocycles. The summed E-state index contributed by atoms with van der Waals surface area (Å²) in [4.78, 5) is 1.98. The highest BCUT2D eigenvalue weighted by Gasteiger charge is 2.26. The zero-order valence-electron chi connectivity index (χ0n) is 11.1. The van der Waals surface area contributed by atoms with Crippen LogP contribution in [0.15, 0.2) is 12.1 Å². The van der Waals surface area contributed by atoms with E-state index in [0.717, 1.165) is 0 Å². The third-order valence-corrected chi connectivity index (χ3v) is 3.17. The highest BCUT2D eigenvalue weighted by Crippen LogP contribution is 2.32. The summed E-state index contributed by atoms with van der Waals surface area (Å²) in [6.07, 6.45) is -0.291. The first-order chi connectivity index (χ1) is 9.05. The van der Waals surface area contributed by atoms with E-state index in [1.54, 1.807) is 6.07 Å². The number of benzene rings is 1. The zero-order chi connectivity index (χ0) is 14.0. The van der Waals surface area contributed by atoms with Crippen molar-refractivity contribution in [2.75, 3.05) is 37.4 Å². The van der Waals surface area contributed by atoms with Crippen LogP contribution in [0.5, 0.6) is 5.75 Å². The molecule has 2 rings (SSSR count). The van der Waals surface area contributed by atoms with Crippen LogP contribution in [0.25, 0.3) is 0 Å². The van der Waals surface area contributed by atoms with E-state index in [-0.39, 0.29) is 24.6 Å². The van der Waals surface area contributed by atoms with E-state index in [2.05, 4.69) is 0 Å². The Morgan fingerprint density at radius 3 is 2.89 bits per heavy atom. The number of anilines is 2. The Morgan fingerprint density at radius 1 is 1.53 bits per heavy atom. The topological polar surface area (TPSA) is 68.0 Å². The molecular formula is C13H19FN2O3. The summed E-state index contributed by atoms with van der Waals surface area (Å²) in [5.41, 5.74) is 6.92. The minimum atomic E-state index is -0.483. The van der Waals surface area contributed by atoms with Gasteiger partial charge in [0.2, 0.25) is 0 Å². The predicted molar refractivity (Wildman–Crippen MR) is 71.0 cm³/mol. The molecule has 3 N–H and O–H groups in total. The molecule has 2 atom stereocenters. The van der Waals surface area contributed by atoms with Gasteiger partial charge in [0, 0.05) is 25.2 Å². The van der Waals surface area contributed by atoms with Crippen LogP contribution in [0.3, 0.4) is 0 Å². The molecule has 106 valence electrons. The number of nitrogens with zero attached hydrogens (tertiary/aromatic N) is 1. The highest BCUT2D eigenvalue weighted by molar-refractivity contribution is 5.70. The lowest BCUT2D eigenvalue weighted by molar-refractivity contribution is -0.0420. The number of halogens is 1. The molecule has 0 aromatic heterocycles. The number of nitrogens with two attached hydrogens (primary N) is 1. The fourth-order valence-corrected chi connectivity index (χ4v) is 2.33. The van der Waals surface area contributed by atoms with E-state index >= 15 is 0 Å². The SMILES string of the molecule is COc1cc(N2CC(C)OC(CO)C2)c(N)cc1F. The number of hydrogen-bond acceptors (Lipinski definition) is 5. The molecule has 1 heterocycles. The van der Waals surface area contributed by atoms with E-state index in [0.29, 0.717) is 24.5 Å². The molecule has 1 aromatic carbocycles. The van der Waals surface area contributed by atoms with Gasteiger partial charge in [0.25, 0.3) is 0 Å². The van der Waals surface area contributed by atoms with Crippen LogP contribution in [0, 0.1) is 5.82 Å². The molecule has 19 heavy (non-hydrogen) atoms. The van der Waals surface area contributed by atoms with Gasteiger partial charge in [-0.3, -0.25) is 0 Å². The van der Waals surface area contributed by atoms with Crippen LogP contribution in [0.4, 0.5) is 15.8 Å². The molecule has 0 spiro atoms. The Kier molecular flexibility index (Phi) is 4.11. The Balaban J connectivity index is 2.30. The third-order valence-electron chi connectivity index (χ3n) is 3.17. The van der Waals surface area contributed by atoms with Gasteiger partial charge in [-0.05, 0) is 6.92 Å². The van der Waals surface area contributed by atoms with E-state index in [1.165, 1.54) is 13.2 Å². The Hall–Kier alpha value is -1.53. The summed E-state index contributed by atoms with van der Waals surface area (Å²) in [7, 11) is 1.41. The van der Waals surface area contributed by atoms with Crippen LogP contribution in [-0.2, 0) is 4.74 Å². The molecule has 0 bridgehead atoms. The van der Waals surface area contributed by atoms with Crippen LogP contribution >= 0.6 is 0 Å². The molecule has 1 saturated heterocycles. The normalized spacial score (nSPS) is 23.5. The summed E-state index contributed by atoms with van der Waals surface area (Å²) in [6, 6.07) is 2.83. The first kappa shape index (κ1) is 13.9. The predicted octanol–water partition coefficient (Wildman–Crippen LogP) is 1.00. The first-order valence-electron chi connectivity index (χ1n) is 6.19. The van der Waals surface area contributed by atoms with Crippen LogP contribution in [0.2, 0.25) is 0 Å². The van der Waals surface area contributed by atoms with Crippen LogP contribution < -0.4 is 15.4 Å². The van der Waals surface area contributed by atoms with Crippen molar-refractivity contribution in [3.05, 3.63) is 17.9 Å². The molecule has 1 aliphatic rings. The largest absolute Gasteiger partial charge is 0.494 e. The van der Waals surface area contributed by atoms with E-state index in [9.17, 15) is 9.50 Å². The highest BCUT2D eigenvalue weighted by atomic mass is 19.1. The molecule has 1 aromatic rings. The fraction of sp³-hybridized carbons (Fsp3) is 0.538. The van der Waals surface area contributed by atoms with Crippen molar-refractivity contribution in [2.24, 2.45) is 0 Å². The molecule has 1 fully saturated rings. The monoisotopic (exact) mass is 270 g/mol. The minimum Gasteiger partial charge on any atom is -0.494 e. The Bertz CT molecular complexity index is 456. The van der Waals surface area contributed by atoms with Gasteiger partial charge >= 0.3 is 0 Å². The lowest BCUT2D eigenvalue weighted by Gasteiger charge is -2.38. The van der Waals surface area contributed by atoms with Gasteiger partial charge in [0.1, 0.15) is 0 Å². The second-order valence-corrected chi connectivity index (χ2v) is 4.70. The number of morpholine rings is 1. The molecule has 0 amide bonds. The molecule has 5 nitrogen and oxygen atoms in total. The quantitative estimate of drug-likeness (QED) is 0.802. The molecule has 2 unspecified atom stereocenters. The minimum absolute atomic E-state index is 0.0265. The lowest BCUT2D eigenvalue weighted by atomic mass is 10.1. The van der Waals surface area contributed by atoms with Crippen molar-refractivity contribution in [3.8, 4) is 5.75 Å². The van der Waals surface area contributed by atoms with E-state index in [1.807, 2.05) is 11.8 Å². The van der Waals surface area contributed by atoms with Gasteiger partial charge in [-0.2, -0.15) is 0 Å². The second-order valence-electron chi connectivity index (χ2n) is 4.70. The summed E-state index contributed by atoms with van der Waals surface area (Å²) in [5, 5.41) is 9.22. The summed E-state index contributed by atoms with van der Waals surface area (Å²) in [6.45, 7) is 3.01. The number of rotatable bonds is 3. The molecular weight excluding hydrogens is 251 g/mol. The van der Waals surface area contributed by atoms with Crippen LogP contribution in [-0.4, -0.2) is 44.1 Å². The summed E-state index contributed by atoms with van der Waals surface area (Å²) in [5.74, 6) is -0.326. The van der Waals surface area contributed by atoms with Crippen LogP contribution in [0.1, 0.15) is 6.92 Å². The van der Waals surface area contributed by atoms with Crippen molar-refractivity contribution in [3.63, 3.8) is 0 Å². The average molecular weight is 270 g/mol. The molecule has 6 heteroatoms. The van der Waals surface area contributed by atoms with Gasteiger partial charge in [-0.25, -0.2) is 4.39 Å². The number of hydrogen-bond donors (Lipinski definition) is 2. The molecule has 1 aliphatic heterocycles. The maximum atomic E-state index is 13.5. The van der Waals surface area contributed by atoms with Gasteiger partial charge in [0.15, 0.2) is 11.6 Å². The first-order valence-corrected chi connectivity index (χ1v) is 6.19. The number of nitrogen functional groups attached to an aromatic ring is 1. The van der Waals surface area contributed by atoms with E-state index in [4.69, 9.17) is 15.2 Å². The van der Waals surface area contributed by atoms with Crippen molar-refractivity contribution in [1.29, 1.82) is 0 Å². The summed E-state index contributed by atoms with van der Waals surface area (Å²) < 4.78 is 24.1. The Labute approximate surface area is 111 Å². The smallest absolute Gasteiger partial charge is 0.167 e. The number of aliphatic hydroxyl groups excluding tert-OH is 1. The van der Waals surface area contributed by atoms with Crippen molar-refractivity contribution in [2.45, 2.75) is 19.1 Å². The average Bonchev–Trinajstić information content (AvgIpc) is 2.38. The maximum Gasteiger partial charge on any atom is 0.167 e. The van der Waals surface area contributed by atoms with E-state index < -0.39 is 5.82 Å². The van der Waals surface area contributed by atoms with Gasteiger partial charge in [0.05, 0.1) is 37.3 Å². The molecule has 0 radical (unpaired) electrons. The van der Waals surface area contributed by atoms with Gasteiger partial charge in [-0.1, -0.05) is 0 Å². The standard InChI is InChI=1S/C13H19FN2O3/c1-8-5-16(6-9(7-17)19-8)12-4-13(18-2)10(14)3-11(12)15/h3-4,8-9,17H,5-7,15H2,1-2H3. The van der Waals surface area contributed by atoms with Crippen molar-refractivity contribution < 1.29 is 19.0 Å². The van der Waals surface area contributed by atoms with Crippen molar-refractivity contribution in [1.82, 2.24) is 0 Å². The zero-order valence-corrected chi connectivity index (χ0v) is 11.1. The fourth-order valence-electron chi connectivity index (χ4n) is 2.33. The van der Waals surface area contributed by atoms with Gasteiger partial charge in [-0.15, -0.1) is 0 Å².